The molecule has 1 aliphatic rings. The Morgan fingerprint density at radius 2 is 2.17 bits per heavy atom. The molecule has 1 amide bonds. The summed E-state index contributed by atoms with van der Waals surface area (Å²) in [5.41, 5.74) is 1.66. The number of rotatable bonds is 6. The zero-order valence-electron chi connectivity index (χ0n) is 13.2. The van der Waals surface area contributed by atoms with E-state index in [1.54, 1.807) is 10.6 Å². The predicted octanol–water partition coefficient (Wildman–Crippen LogP) is 4.16. The highest BCUT2D eigenvalue weighted by molar-refractivity contribution is 7.16. The number of anilines is 1. The van der Waals surface area contributed by atoms with Crippen molar-refractivity contribution in [1.29, 1.82) is 0 Å². The quantitative estimate of drug-likeness (QED) is 0.809. The molecule has 1 N–H and O–H groups in total. The number of carbonyl (C=O) groups is 1. The number of carbonyl (C=O) groups excluding carboxylic acids is 1. The minimum atomic E-state index is 0.00427. The van der Waals surface area contributed by atoms with Gasteiger partial charge in [-0.15, -0.1) is 6.58 Å². The first-order valence-corrected chi connectivity index (χ1v) is 9.03. The molecule has 122 valence electrons. The molecule has 1 aromatic heterocycles. The van der Waals surface area contributed by atoms with Crippen LogP contribution in [0.2, 0.25) is 0 Å². The number of fused-ring (bicyclic) bond motifs is 1. The Bertz CT molecular complexity index is 769. The summed E-state index contributed by atoms with van der Waals surface area (Å²) in [6.07, 6.45) is 8.43. The molecule has 0 aliphatic heterocycles. The van der Waals surface area contributed by atoms with E-state index in [4.69, 9.17) is 0 Å². The summed E-state index contributed by atoms with van der Waals surface area (Å²) in [5.74, 6) is 0.788. The van der Waals surface area contributed by atoms with Crippen LogP contribution in [-0.4, -0.2) is 10.5 Å². The smallest absolute Gasteiger partial charge is 0.308 e. The molecule has 4 nitrogen and oxygen atoms in total. The van der Waals surface area contributed by atoms with Gasteiger partial charge in [0.1, 0.15) is 0 Å². The van der Waals surface area contributed by atoms with E-state index in [0.717, 1.165) is 28.2 Å². The monoisotopic (exact) mass is 330 g/mol. The fraction of sp³-hybridized carbons (Fsp3) is 0.444. The van der Waals surface area contributed by atoms with Crippen LogP contribution in [0.4, 0.5) is 5.69 Å². The van der Waals surface area contributed by atoms with Crippen LogP contribution in [0.15, 0.2) is 35.6 Å². The Kier molecular flexibility index (Phi) is 4.96. The van der Waals surface area contributed by atoms with E-state index in [2.05, 4.69) is 11.9 Å². The van der Waals surface area contributed by atoms with Gasteiger partial charge in [-0.1, -0.05) is 43.1 Å². The van der Waals surface area contributed by atoms with Crippen molar-refractivity contribution in [3.63, 3.8) is 0 Å². The van der Waals surface area contributed by atoms with Crippen LogP contribution in [0.1, 0.15) is 38.5 Å². The summed E-state index contributed by atoms with van der Waals surface area (Å²) in [6, 6.07) is 5.64. The molecule has 0 bridgehead atoms. The number of aromatic nitrogens is 1. The Hall–Kier alpha value is -1.88. The van der Waals surface area contributed by atoms with Gasteiger partial charge in [0.2, 0.25) is 5.91 Å². The molecule has 23 heavy (non-hydrogen) atoms. The third kappa shape index (κ3) is 3.72. The lowest BCUT2D eigenvalue weighted by atomic mass is 10.0. The normalized spacial score (nSPS) is 15.1. The average molecular weight is 330 g/mol. The second kappa shape index (κ2) is 7.13. The molecule has 2 aromatic rings. The first-order valence-electron chi connectivity index (χ1n) is 8.21. The number of hydrogen-bond donors (Lipinski definition) is 1. The van der Waals surface area contributed by atoms with Gasteiger partial charge in [-0.05, 0) is 30.5 Å². The second-order valence-electron chi connectivity index (χ2n) is 6.19. The molecular formula is C18H22N2O2S. The highest BCUT2D eigenvalue weighted by Gasteiger charge is 2.16. The topological polar surface area (TPSA) is 51.1 Å². The maximum Gasteiger partial charge on any atom is 0.308 e. The van der Waals surface area contributed by atoms with Crippen LogP contribution in [0.3, 0.4) is 0 Å². The number of nitrogens with one attached hydrogen (secondary N) is 1. The van der Waals surface area contributed by atoms with Crippen LogP contribution in [-0.2, 0) is 11.3 Å². The average Bonchev–Trinajstić information content (AvgIpc) is 3.14. The standard InChI is InChI=1S/C18H22N2O2S/c1-2-11-20-15-9-8-14(12-16(15)23-18(20)22)19-17(21)10-7-13-5-3-4-6-13/h2,8-9,12-13H,1,3-7,10-11H2,(H,19,21). The Balaban J connectivity index is 1.67. The van der Waals surface area contributed by atoms with Gasteiger partial charge in [0.25, 0.3) is 0 Å². The van der Waals surface area contributed by atoms with Crippen molar-refractivity contribution in [2.24, 2.45) is 5.92 Å². The van der Waals surface area contributed by atoms with E-state index in [9.17, 15) is 9.59 Å². The van der Waals surface area contributed by atoms with E-state index >= 15 is 0 Å². The van der Waals surface area contributed by atoms with Gasteiger partial charge in [-0.25, -0.2) is 0 Å². The lowest BCUT2D eigenvalue weighted by molar-refractivity contribution is -0.116. The Morgan fingerprint density at radius 1 is 1.39 bits per heavy atom. The van der Waals surface area contributed by atoms with Gasteiger partial charge in [0.05, 0.1) is 10.2 Å². The largest absolute Gasteiger partial charge is 0.326 e. The number of allylic oxidation sites excluding steroid dienone is 1. The molecule has 1 heterocycles. The zero-order chi connectivity index (χ0) is 16.2. The fourth-order valence-corrected chi connectivity index (χ4v) is 4.24. The first-order chi connectivity index (χ1) is 11.2. The first kappa shape index (κ1) is 16.0. The highest BCUT2D eigenvalue weighted by Crippen LogP contribution is 2.28. The summed E-state index contributed by atoms with van der Waals surface area (Å²) < 4.78 is 2.59. The van der Waals surface area contributed by atoms with Crippen LogP contribution in [0.5, 0.6) is 0 Å². The van der Waals surface area contributed by atoms with Gasteiger partial charge < -0.3 is 5.32 Å². The summed E-state index contributed by atoms with van der Waals surface area (Å²) >= 11 is 1.20. The van der Waals surface area contributed by atoms with Crippen molar-refractivity contribution in [3.05, 3.63) is 40.5 Å². The van der Waals surface area contributed by atoms with Crippen molar-refractivity contribution in [1.82, 2.24) is 4.57 Å². The van der Waals surface area contributed by atoms with E-state index < -0.39 is 0 Å². The predicted molar refractivity (Wildman–Crippen MR) is 96.1 cm³/mol. The molecule has 1 fully saturated rings. The Labute approximate surface area is 139 Å². The third-order valence-corrected chi connectivity index (χ3v) is 5.46. The summed E-state index contributed by atoms with van der Waals surface area (Å²) in [5, 5.41) is 2.96. The highest BCUT2D eigenvalue weighted by atomic mass is 32.1. The van der Waals surface area contributed by atoms with E-state index in [1.165, 1.54) is 37.0 Å². The van der Waals surface area contributed by atoms with Gasteiger partial charge in [0.15, 0.2) is 0 Å². The molecule has 3 rings (SSSR count). The fourth-order valence-electron chi connectivity index (χ4n) is 3.30. The third-order valence-electron chi connectivity index (χ3n) is 4.52. The van der Waals surface area contributed by atoms with Crippen molar-refractivity contribution < 1.29 is 4.79 Å². The van der Waals surface area contributed by atoms with E-state index in [1.807, 2.05) is 18.2 Å². The second-order valence-corrected chi connectivity index (χ2v) is 7.18. The van der Waals surface area contributed by atoms with Crippen molar-refractivity contribution in [3.8, 4) is 0 Å². The molecule has 0 spiro atoms. The van der Waals surface area contributed by atoms with E-state index in [-0.39, 0.29) is 10.8 Å². The molecule has 1 saturated carbocycles. The molecule has 0 atom stereocenters. The van der Waals surface area contributed by atoms with Crippen molar-refractivity contribution in [2.45, 2.75) is 45.1 Å². The van der Waals surface area contributed by atoms with Crippen molar-refractivity contribution in [2.75, 3.05) is 5.32 Å². The number of thiazole rings is 1. The number of benzene rings is 1. The molecular weight excluding hydrogens is 308 g/mol. The zero-order valence-corrected chi connectivity index (χ0v) is 14.0. The maximum absolute atomic E-state index is 12.1. The molecule has 1 aliphatic carbocycles. The summed E-state index contributed by atoms with van der Waals surface area (Å²) in [7, 11) is 0. The SMILES string of the molecule is C=CCn1c(=O)sc2cc(NC(=O)CCC3CCCC3)ccc21. The maximum atomic E-state index is 12.1. The van der Waals surface area contributed by atoms with Gasteiger partial charge in [-0.2, -0.15) is 0 Å². The lowest BCUT2D eigenvalue weighted by Gasteiger charge is -2.09. The van der Waals surface area contributed by atoms with Crippen LogP contribution in [0.25, 0.3) is 10.2 Å². The minimum Gasteiger partial charge on any atom is -0.326 e. The molecule has 0 radical (unpaired) electrons. The molecule has 0 saturated heterocycles. The molecule has 1 aromatic carbocycles. The molecule has 0 unspecified atom stereocenters. The lowest BCUT2D eigenvalue weighted by Crippen LogP contribution is -2.13. The minimum absolute atomic E-state index is 0.00427. The van der Waals surface area contributed by atoms with Crippen LogP contribution < -0.4 is 10.2 Å². The van der Waals surface area contributed by atoms with Gasteiger partial charge in [0, 0.05) is 18.7 Å². The van der Waals surface area contributed by atoms with Crippen LogP contribution >= 0.6 is 11.3 Å². The summed E-state index contributed by atoms with van der Waals surface area (Å²) in [4.78, 5) is 24.1. The van der Waals surface area contributed by atoms with E-state index in [0.29, 0.717) is 13.0 Å². The number of hydrogen-bond acceptors (Lipinski definition) is 3. The molecule has 5 heteroatoms. The number of amides is 1. The van der Waals surface area contributed by atoms with Gasteiger partial charge in [-0.3, -0.25) is 14.2 Å². The van der Waals surface area contributed by atoms with Crippen LogP contribution in [0, 0.1) is 5.92 Å². The van der Waals surface area contributed by atoms with Gasteiger partial charge >= 0.3 is 4.87 Å². The summed E-state index contributed by atoms with van der Waals surface area (Å²) in [6.45, 7) is 4.19. The number of nitrogens with zero attached hydrogens (tertiary/aromatic N) is 1. The van der Waals surface area contributed by atoms with Crippen molar-refractivity contribution >= 4 is 33.1 Å². The Morgan fingerprint density at radius 3 is 2.91 bits per heavy atom.